The number of carbonyl (C=O) groups excluding carboxylic acids is 1. The third kappa shape index (κ3) is 3.76. The lowest BCUT2D eigenvalue weighted by Crippen LogP contribution is -2.07. The molecule has 0 spiro atoms. The highest BCUT2D eigenvalue weighted by atomic mass is 16.5. The van der Waals surface area contributed by atoms with Crippen molar-refractivity contribution in [3.63, 3.8) is 0 Å². The van der Waals surface area contributed by atoms with Gasteiger partial charge in [0.05, 0.1) is 6.61 Å². The van der Waals surface area contributed by atoms with Gasteiger partial charge in [-0.2, -0.15) is 5.26 Å². The maximum absolute atomic E-state index is 11.4. The Bertz CT molecular complexity index is 443. The van der Waals surface area contributed by atoms with E-state index in [2.05, 4.69) is 0 Å². The molecule has 0 unspecified atom stereocenters. The van der Waals surface area contributed by atoms with Crippen LogP contribution in [0.3, 0.4) is 0 Å². The molecule has 1 atom stereocenters. The van der Waals surface area contributed by atoms with Gasteiger partial charge in [-0.15, -0.1) is 0 Å². The summed E-state index contributed by atoms with van der Waals surface area (Å²) < 4.78 is 4.80. The maximum Gasteiger partial charge on any atom is 0.348 e. The maximum atomic E-state index is 11.4. The molecule has 0 fully saturated rings. The number of carbonyl (C=O) groups is 1. The molecule has 0 radical (unpaired) electrons. The monoisotopic (exact) mass is 229 g/mol. The van der Waals surface area contributed by atoms with E-state index in [0.717, 1.165) is 5.56 Å². The van der Waals surface area contributed by atoms with Gasteiger partial charge in [-0.1, -0.05) is 43.3 Å². The fourth-order valence-electron chi connectivity index (χ4n) is 1.46. The molecule has 0 saturated heterocycles. The lowest BCUT2D eigenvalue weighted by Gasteiger charge is -2.07. The molecule has 0 aliphatic carbocycles. The van der Waals surface area contributed by atoms with Crippen molar-refractivity contribution < 1.29 is 9.53 Å². The van der Waals surface area contributed by atoms with Crippen LogP contribution in [-0.2, 0) is 9.53 Å². The standard InChI is InChI=1S/C14H15NO2/c1-3-17-14(16)13(10-15)9-11(2)12-7-5-4-6-8-12/h4-9,11H,3H2,1-2H3/b13-9-/t11-/m0/s1. The summed E-state index contributed by atoms with van der Waals surface area (Å²) in [7, 11) is 0. The van der Waals surface area contributed by atoms with E-state index in [1.165, 1.54) is 0 Å². The number of benzene rings is 1. The van der Waals surface area contributed by atoms with E-state index in [0.29, 0.717) is 0 Å². The molecule has 3 nitrogen and oxygen atoms in total. The Morgan fingerprint density at radius 3 is 2.65 bits per heavy atom. The van der Waals surface area contributed by atoms with E-state index in [1.54, 1.807) is 13.0 Å². The fourth-order valence-corrected chi connectivity index (χ4v) is 1.46. The molecule has 0 saturated carbocycles. The number of ether oxygens (including phenoxy) is 1. The second-order valence-electron chi connectivity index (χ2n) is 3.61. The smallest absolute Gasteiger partial charge is 0.348 e. The molecular formula is C14H15NO2. The van der Waals surface area contributed by atoms with Crippen molar-refractivity contribution in [3.05, 3.63) is 47.5 Å². The molecule has 0 heterocycles. The quantitative estimate of drug-likeness (QED) is 0.453. The van der Waals surface area contributed by atoms with Gasteiger partial charge in [-0.3, -0.25) is 0 Å². The van der Waals surface area contributed by atoms with Crippen LogP contribution in [0.2, 0.25) is 0 Å². The summed E-state index contributed by atoms with van der Waals surface area (Å²) >= 11 is 0. The highest BCUT2D eigenvalue weighted by Gasteiger charge is 2.12. The predicted molar refractivity (Wildman–Crippen MR) is 65.2 cm³/mol. The van der Waals surface area contributed by atoms with E-state index in [-0.39, 0.29) is 18.1 Å². The summed E-state index contributed by atoms with van der Waals surface area (Å²) in [6.45, 7) is 3.93. The van der Waals surface area contributed by atoms with Crippen molar-refractivity contribution in [3.8, 4) is 6.07 Å². The van der Waals surface area contributed by atoms with Crippen LogP contribution in [-0.4, -0.2) is 12.6 Å². The molecule has 1 rings (SSSR count). The zero-order chi connectivity index (χ0) is 12.7. The van der Waals surface area contributed by atoms with Crippen LogP contribution in [0.4, 0.5) is 0 Å². The third-order valence-corrected chi connectivity index (χ3v) is 2.36. The molecule has 0 N–H and O–H groups in total. The van der Waals surface area contributed by atoms with E-state index in [9.17, 15) is 4.79 Å². The Hall–Kier alpha value is -2.08. The fraction of sp³-hybridized carbons (Fsp3) is 0.286. The minimum atomic E-state index is -0.558. The average molecular weight is 229 g/mol. The number of esters is 1. The molecule has 0 aliphatic heterocycles. The van der Waals surface area contributed by atoms with E-state index in [4.69, 9.17) is 10.00 Å². The molecule has 17 heavy (non-hydrogen) atoms. The Morgan fingerprint density at radius 2 is 2.12 bits per heavy atom. The molecule has 1 aromatic rings. The van der Waals surface area contributed by atoms with Gasteiger partial charge in [-0.05, 0) is 12.5 Å². The van der Waals surface area contributed by atoms with Crippen LogP contribution in [0.1, 0.15) is 25.3 Å². The van der Waals surface area contributed by atoms with Crippen molar-refractivity contribution in [2.24, 2.45) is 0 Å². The normalized spacial score (nSPS) is 12.6. The zero-order valence-corrected chi connectivity index (χ0v) is 10.0. The van der Waals surface area contributed by atoms with E-state index >= 15 is 0 Å². The average Bonchev–Trinajstić information content (AvgIpc) is 2.37. The Kier molecular flexibility index (Phi) is 4.96. The summed E-state index contributed by atoms with van der Waals surface area (Å²) in [6.07, 6.45) is 1.63. The Balaban J connectivity index is 2.86. The molecule has 88 valence electrons. The molecule has 0 aromatic heterocycles. The molecule has 0 bridgehead atoms. The van der Waals surface area contributed by atoms with Crippen LogP contribution in [0.15, 0.2) is 42.0 Å². The molecule has 1 aromatic carbocycles. The van der Waals surface area contributed by atoms with Gasteiger partial charge in [0.2, 0.25) is 0 Å². The van der Waals surface area contributed by atoms with Crippen molar-refractivity contribution >= 4 is 5.97 Å². The van der Waals surface area contributed by atoms with Gasteiger partial charge >= 0.3 is 5.97 Å². The summed E-state index contributed by atoms with van der Waals surface area (Å²) in [6, 6.07) is 11.6. The topological polar surface area (TPSA) is 50.1 Å². The van der Waals surface area contributed by atoms with Crippen molar-refractivity contribution in [1.29, 1.82) is 5.26 Å². The van der Waals surface area contributed by atoms with Crippen LogP contribution in [0.25, 0.3) is 0 Å². The number of hydrogen-bond acceptors (Lipinski definition) is 3. The number of nitrogens with zero attached hydrogens (tertiary/aromatic N) is 1. The highest BCUT2D eigenvalue weighted by molar-refractivity contribution is 5.92. The summed E-state index contributed by atoms with van der Waals surface area (Å²) in [4.78, 5) is 11.4. The minimum Gasteiger partial charge on any atom is -0.462 e. The number of hydrogen-bond donors (Lipinski definition) is 0. The predicted octanol–water partition coefficient (Wildman–Crippen LogP) is 2.80. The van der Waals surface area contributed by atoms with Gasteiger partial charge in [0.15, 0.2) is 0 Å². The number of nitriles is 1. The second kappa shape index (κ2) is 6.49. The van der Waals surface area contributed by atoms with Gasteiger partial charge in [0, 0.05) is 5.92 Å². The summed E-state index contributed by atoms with van der Waals surface area (Å²) in [5.74, 6) is -0.548. The first kappa shape index (κ1) is 13.0. The summed E-state index contributed by atoms with van der Waals surface area (Å²) in [5.41, 5.74) is 1.12. The van der Waals surface area contributed by atoms with Crippen molar-refractivity contribution in [1.82, 2.24) is 0 Å². The van der Waals surface area contributed by atoms with Gasteiger partial charge in [0.1, 0.15) is 11.6 Å². The minimum absolute atomic E-state index is 0.00950. The summed E-state index contributed by atoms with van der Waals surface area (Å²) in [5, 5.41) is 8.90. The first-order valence-electron chi connectivity index (χ1n) is 5.53. The first-order valence-corrected chi connectivity index (χ1v) is 5.53. The largest absolute Gasteiger partial charge is 0.462 e. The lowest BCUT2D eigenvalue weighted by atomic mass is 9.99. The van der Waals surface area contributed by atoms with Crippen molar-refractivity contribution in [2.45, 2.75) is 19.8 Å². The van der Waals surface area contributed by atoms with Crippen molar-refractivity contribution in [2.75, 3.05) is 6.61 Å². The first-order chi connectivity index (χ1) is 8.19. The Morgan fingerprint density at radius 1 is 1.47 bits per heavy atom. The van der Waals surface area contributed by atoms with Crippen LogP contribution in [0.5, 0.6) is 0 Å². The SMILES string of the molecule is CCOC(=O)/C(C#N)=C\[C@H](C)c1ccccc1. The second-order valence-corrected chi connectivity index (χ2v) is 3.61. The third-order valence-electron chi connectivity index (χ3n) is 2.36. The molecule has 0 aliphatic rings. The molecular weight excluding hydrogens is 214 g/mol. The van der Waals surface area contributed by atoms with Gasteiger partial charge < -0.3 is 4.74 Å². The van der Waals surface area contributed by atoms with E-state index in [1.807, 2.05) is 43.3 Å². The zero-order valence-electron chi connectivity index (χ0n) is 10.0. The molecule has 0 amide bonds. The van der Waals surface area contributed by atoms with Crippen LogP contribution in [0, 0.1) is 11.3 Å². The van der Waals surface area contributed by atoms with E-state index < -0.39 is 5.97 Å². The number of allylic oxidation sites excluding steroid dienone is 1. The van der Waals surface area contributed by atoms with Crippen LogP contribution < -0.4 is 0 Å². The lowest BCUT2D eigenvalue weighted by molar-refractivity contribution is -0.138. The number of rotatable bonds is 4. The van der Waals surface area contributed by atoms with Gasteiger partial charge in [-0.25, -0.2) is 4.79 Å². The highest BCUT2D eigenvalue weighted by Crippen LogP contribution is 2.18. The molecule has 3 heteroatoms. The van der Waals surface area contributed by atoms with Gasteiger partial charge in [0.25, 0.3) is 0 Å². The Labute approximate surface area is 101 Å². The van der Waals surface area contributed by atoms with Crippen LogP contribution >= 0.6 is 0 Å².